The zero-order chi connectivity index (χ0) is 13.6. The molecular formula is C12H10F4O2. The van der Waals surface area contributed by atoms with Gasteiger partial charge in [0.25, 0.3) is 0 Å². The van der Waals surface area contributed by atoms with Gasteiger partial charge in [0.05, 0.1) is 12.0 Å². The molecule has 2 rings (SSSR count). The average molecular weight is 262 g/mol. The Morgan fingerprint density at radius 2 is 1.94 bits per heavy atom. The maximum atomic E-state index is 13.1. The van der Waals surface area contributed by atoms with Crippen molar-refractivity contribution in [1.82, 2.24) is 0 Å². The smallest absolute Gasteiger partial charge is 0.419 e. The first kappa shape index (κ1) is 12.9. The van der Waals surface area contributed by atoms with Crippen LogP contribution in [-0.2, 0) is 16.4 Å². The second-order valence-corrected chi connectivity index (χ2v) is 4.54. The lowest BCUT2D eigenvalue weighted by Gasteiger charge is -2.16. The monoisotopic (exact) mass is 262 g/mol. The van der Waals surface area contributed by atoms with Gasteiger partial charge >= 0.3 is 12.1 Å². The Kier molecular flexibility index (Phi) is 2.83. The van der Waals surface area contributed by atoms with Gasteiger partial charge in [-0.15, -0.1) is 0 Å². The first-order valence-electron chi connectivity index (χ1n) is 5.34. The summed E-state index contributed by atoms with van der Waals surface area (Å²) in [6.45, 7) is 0. The highest BCUT2D eigenvalue weighted by molar-refractivity contribution is 5.70. The first-order valence-corrected chi connectivity index (χ1v) is 5.34. The van der Waals surface area contributed by atoms with Gasteiger partial charge in [-0.25, -0.2) is 4.39 Å². The molecular weight excluding hydrogens is 252 g/mol. The summed E-state index contributed by atoms with van der Waals surface area (Å²) in [5.74, 6) is -2.40. The van der Waals surface area contributed by atoms with Gasteiger partial charge in [0.2, 0.25) is 0 Å². The molecule has 0 radical (unpaired) electrons. The molecule has 1 N–H and O–H groups in total. The van der Waals surface area contributed by atoms with Crippen LogP contribution in [0.3, 0.4) is 0 Å². The van der Waals surface area contributed by atoms with Gasteiger partial charge in [-0.05, 0) is 30.5 Å². The molecule has 1 aromatic carbocycles. The summed E-state index contributed by atoms with van der Waals surface area (Å²) in [4.78, 5) is 10.7. The molecule has 0 aliphatic heterocycles. The van der Waals surface area contributed by atoms with Gasteiger partial charge in [0.15, 0.2) is 0 Å². The molecule has 0 aromatic heterocycles. The molecule has 2 nitrogen and oxygen atoms in total. The third-order valence-corrected chi connectivity index (χ3v) is 3.23. The molecule has 18 heavy (non-hydrogen) atoms. The summed E-state index contributed by atoms with van der Waals surface area (Å²) >= 11 is 0. The standard InChI is InChI=1S/C12H10F4O2/c13-9-2-1-7(5-8(9)12(14,15)16)11(3-4-11)6-10(17)18/h1-2,5H,3-4,6H2,(H,17,18). The molecule has 0 bridgehead atoms. The second-order valence-electron chi connectivity index (χ2n) is 4.54. The molecule has 98 valence electrons. The predicted molar refractivity (Wildman–Crippen MR) is 54.6 cm³/mol. The highest BCUT2D eigenvalue weighted by Crippen LogP contribution is 2.51. The number of carbonyl (C=O) groups is 1. The van der Waals surface area contributed by atoms with Crippen LogP contribution in [0.2, 0.25) is 0 Å². The Bertz CT molecular complexity index is 489. The van der Waals surface area contributed by atoms with Gasteiger partial charge < -0.3 is 5.11 Å². The fourth-order valence-electron chi connectivity index (χ4n) is 2.08. The summed E-state index contributed by atoms with van der Waals surface area (Å²) in [5.41, 5.74) is -1.84. The molecule has 0 spiro atoms. The number of aliphatic carboxylic acids is 1. The summed E-state index contributed by atoms with van der Waals surface area (Å²) in [7, 11) is 0. The Morgan fingerprint density at radius 1 is 1.33 bits per heavy atom. The molecule has 1 aromatic rings. The maximum Gasteiger partial charge on any atom is 0.419 e. The van der Waals surface area contributed by atoms with E-state index < -0.39 is 28.9 Å². The number of carboxylic acids is 1. The van der Waals surface area contributed by atoms with Crippen molar-refractivity contribution in [3.8, 4) is 0 Å². The first-order chi connectivity index (χ1) is 8.24. The lowest BCUT2D eigenvalue weighted by molar-refractivity contribution is -0.140. The van der Waals surface area contributed by atoms with E-state index in [9.17, 15) is 22.4 Å². The SMILES string of the molecule is O=C(O)CC1(c2ccc(F)c(C(F)(F)F)c2)CC1. The van der Waals surface area contributed by atoms with Gasteiger partial charge in [0, 0.05) is 5.41 Å². The molecule has 1 aliphatic rings. The van der Waals surface area contributed by atoms with Crippen molar-refractivity contribution in [2.45, 2.75) is 30.9 Å². The number of halogens is 4. The number of rotatable bonds is 3. The van der Waals surface area contributed by atoms with Crippen molar-refractivity contribution in [1.29, 1.82) is 0 Å². The summed E-state index contributed by atoms with van der Waals surface area (Å²) in [5, 5.41) is 8.74. The van der Waals surface area contributed by atoms with E-state index in [-0.39, 0.29) is 12.0 Å². The highest BCUT2D eigenvalue weighted by Gasteiger charge is 2.47. The predicted octanol–water partition coefficient (Wildman–Crippen LogP) is 3.35. The second kappa shape index (κ2) is 3.96. The normalized spacial score (nSPS) is 17.6. The minimum atomic E-state index is -4.76. The van der Waals surface area contributed by atoms with E-state index in [2.05, 4.69) is 0 Å². The maximum absolute atomic E-state index is 13.1. The van der Waals surface area contributed by atoms with Crippen LogP contribution in [0, 0.1) is 5.82 Å². The van der Waals surface area contributed by atoms with Crippen molar-refractivity contribution in [2.75, 3.05) is 0 Å². The van der Waals surface area contributed by atoms with Gasteiger partial charge in [-0.3, -0.25) is 4.79 Å². The molecule has 0 saturated heterocycles. The lowest BCUT2D eigenvalue weighted by Crippen LogP contribution is -2.15. The number of alkyl halides is 3. The summed E-state index contributed by atoms with van der Waals surface area (Å²) in [6, 6.07) is 2.71. The molecule has 0 unspecified atom stereocenters. The third kappa shape index (κ3) is 2.32. The van der Waals surface area contributed by atoms with E-state index in [4.69, 9.17) is 5.11 Å². The van der Waals surface area contributed by atoms with Crippen molar-refractivity contribution in [3.05, 3.63) is 35.1 Å². The third-order valence-electron chi connectivity index (χ3n) is 3.23. The van der Waals surface area contributed by atoms with Crippen molar-refractivity contribution in [2.24, 2.45) is 0 Å². The molecule has 1 saturated carbocycles. The Morgan fingerprint density at radius 3 is 2.39 bits per heavy atom. The van der Waals surface area contributed by atoms with Gasteiger partial charge in [-0.2, -0.15) is 13.2 Å². The van der Waals surface area contributed by atoms with Crippen LogP contribution in [0.1, 0.15) is 30.4 Å². The van der Waals surface area contributed by atoms with E-state index in [0.717, 1.165) is 12.1 Å². The van der Waals surface area contributed by atoms with Crippen molar-refractivity contribution < 1.29 is 27.5 Å². The lowest BCUT2D eigenvalue weighted by atomic mass is 9.91. The van der Waals surface area contributed by atoms with Crippen molar-refractivity contribution in [3.63, 3.8) is 0 Å². The van der Waals surface area contributed by atoms with Crippen LogP contribution in [-0.4, -0.2) is 11.1 Å². The van der Waals surface area contributed by atoms with Crippen molar-refractivity contribution >= 4 is 5.97 Å². The Hall–Kier alpha value is -1.59. The molecule has 1 fully saturated rings. The molecule has 6 heteroatoms. The molecule has 1 aliphatic carbocycles. The van der Waals surface area contributed by atoms with Gasteiger partial charge in [0.1, 0.15) is 5.82 Å². The number of benzene rings is 1. The van der Waals surface area contributed by atoms with E-state index in [0.29, 0.717) is 12.8 Å². The minimum absolute atomic E-state index is 0.226. The number of hydrogen-bond acceptors (Lipinski definition) is 1. The minimum Gasteiger partial charge on any atom is -0.481 e. The van der Waals surface area contributed by atoms with E-state index >= 15 is 0 Å². The van der Waals surface area contributed by atoms with Crippen LogP contribution in [0.5, 0.6) is 0 Å². The zero-order valence-electron chi connectivity index (χ0n) is 9.22. The molecule has 0 amide bonds. The number of hydrogen-bond donors (Lipinski definition) is 1. The van der Waals surface area contributed by atoms with E-state index in [1.807, 2.05) is 0 Å². The summed E-state index contributed by atoms with van der Waals surface area (Å²) in [6.07, 6.45) is -3.96. The quantitative estimate of drug-likeness (QED) is 0.848. The number of carboxylic acid groups (broad SMARTS) is 1. The average Bonchev–Trinajstić information content (AvgIpc) is 2.96. The van der Waals surface area contributed by atoms with Crippen LogP contribution >= 0.6 is 0 Å². The summed E-state index contributed by atoms with van der Waals surface area (Å²) < 4.78 is 50.7. The largest absolute Gasteiger partial charge is 0.481 e. The highest BCUT2D eigenvalue weighted by atomic mass is 19.4. The fourth-order valence-corrected chi connectivity index (χ4v) is 2.08. The van der Waals surface area contributed by atoms with E-state index in [1.54, 1.807) is 0 Å². The topological polar surface area (TPSA) is 37.3 Å². The fraction of sp³-hybridized carbons (Fsp3) is 0.417. The van der Waals surface area contributed by atoms with Gasteiger partial charge in [-0.1, -0.05) is 6.07 Å². The van der Waals surface area contributed by atoms with Crippen LogP contribution in [0.4, 0.5) is 17.6 Å². The van der Waals surface area contributed by atoms with Crippen LogP contribution in [0.25, 0.3) is 0 Å². The Balaban J connectivity index is 2.39. The molecule has 0 atom stereocenters. The van der Waals surface area contributed by atoms with Crippen LogP contribution < -0.4 is 0 Å². The Labute approximate surface area is 100 Å². The van der Waals surface area contributed by atoms with E-state index in [1.165, 1.54) is 6.07 Å². The zero-order valence-corrected chi connectivity index (χ0v) is 9.22. The van der Waals surface area contributed by atoms with Crippen LogP contribution in [0.15, 0.2) is 18.2 Å². The molecule has 0 heterocycles.